The summed E-state index contributed by atoms with van der Waals surface area (Å²) >= 11 is 0. The van der Waals surface area contributed by atoms with E-state index < -0.39 is 21.9 Å². The highest BCUT2D eigenvalue weighted by Gasteiger charge is 2.29. The van der Waals surface area contributed by atoms with Crippen molar-refractivity contribution < 1.29 is 23.1 Å². The van der Waals surface area contributed by atoms with E-state index in [4.69, 9.17) is 0 Å². The molecule has 0 spiro atoms. The Morgan fingerprint density at radius 2 is 1.65 bits per heavy atom. The molecule has 1 aromatic heterocycles. The third kappa shape index (κ3) is 2.25. The van der Waals surface area contributed by atoms with Gasteiger partial charge in [0.2, 0.25) is 5.88 Å². The zero-order valence-electron chi connectivity index (χ0n) is 12.1. The maximum atomic E-state index is 12.8. The number of rotatable bonds is 3. The zero-order chi connectivity index (χ0) is 16.6. The summed E-state index contributed by atoms with van der Waals surface area (Å²) in [6, 6.07) is 14.0. The van der Waals surface area contributed by atoms with Gasteiger partial charge in [0.25, 0.3) is 10.0 Å². The first-order valence-corrected chi connectivity index (χ1v) is 8.14. The number of aromatic hydroxyl groups is 1. The molecule has 0 aliphatic heterocycles. The normalized spacial score (nSPS) is 11.5. The third-order valence-corrected chi connectivity index (χ3v) is 5.20. The van der Waals surface area contributed by atoms with E-state index in [1.165, 1.54) is 25.3 Å². The van der Waals surface area contributed by atoms with Crippen molar-refractivity contribution >= 4 is 26.9 Å². The van der Waals surface area contributed by atoms with Gasteiger partial charge in [0.1, 0.15) is 5.56 Å². The lowest BCUT2D eigenvalue weighted by atomic mass is 10.2. The molecule has 0 fully saturated rings. The van der Waals surface area contributed by atoms with E-state index in [1.807, 2.05) is 0 Å². The molecule has 0 aliphatic rings. The minimum atomic E-state index is -4.06. The quantitative estimate of drug-likeness (QED) is 0.745. The molecule has 1 N–H and O–H groups in total. The SMILES string of the molecule is COC(=O)c1c(O)n(S(=O)(=O)c2ccccc2)c2ccccc12. The van der Waals surface area contributed by atoms with Gasteiger partial charge in [-0.05, 0) is 18.2 Å². The Morgan fingerprint density at radius 1 is 1.04 bits per heavy atom. The maximum absolute atomic E-state index is 12.8. The number of hydrogen-bond donors (Lipinski definition) is 1. The van der Waals surface area contributed by atoms with Crippen molar-refractivity contribution in [2.75, 3.05) is 7.11 Å². The number of esters is 1. The number of benzene rings is 2. The maximum Gasteiger partial charge on any atom is 0.344 e. The number of carbonyl (C=O) groups is 1. The Morgan fingerprint density at radius 3 is 2.30 bits per heavy atom. The molecule has 0 saturated heterocycles. The van der Waals surface area contributed by atoms with E-state index >= 15 is 0 Å². The van der Waals surface area contributed by atoms with Crippen molar-refractivity contribution in [3.05, 3.63) is 60.2 Å². The molecule has 7 heteroatoms. The Hall–Kier alpha value is -2.80. The minimum Gasteiger partial charge on any atom is -0.493 e. The smallest absolute Gasteiger partial charge is 0.344 e. The van der Waals surface area contributed by atoms with Gasteiger partial charge in [0.15, 0.2) is 0 Å². The summed E-state index contributed by atoms with van der Waals surface area (Å²) in [5, 5.41) is 10.7. The first kappa shape index (κ1) is 15.1. The average molecular weight is 331 g/mol. The molecular weight excluding hydrogens is 318 g/mol. The fourth-order valence-corrected chi connectivity index (χ4v) is 3.89. The summed E-state index contributed by atoms with van der Waals surface area (Å²) in [7, 11) is -2.89. The van der Waals surface area contributed by atoms with Crippen LogP contribution in [0.2, 0.25) is 0 Å². The van der Waals surface area contributed by atoms with Crippen LogP contribution in [0.5, 0.6) is 5.88 Å². The largest absolute Gasteiger partial charge is 0.493 e. The van der Waals surface area contributed by atoms with Crippen LogP contribution in [0.4, 0.5) is 0 Å². The van der Waals surface area contributed by atoms with Crippen molar-refractivity contribution in [3.63, 3.8) is 0 Å². The standard InChI is InChI=1S/C16H13NO5S/c1-22-16(19)14-12-9-5-6-10-13(12)17(15(14)18)23(20,21)11-7-3-2-4-8-11/h2-10,18H,1H3. The highest BCUT2D eigenvalue weighted by Crippen LogP contribution is 2.35. The molecule has 0 aliphatic carbocycles. The molecule has 118 valence electrons. The number of aromatic nitrogens is 1. The second-order valence-electron chi connectivity index (χ2n) is 4.79. The van der Waals surface area contributed by atoms with E-state index in [1.54, 1.807) is 36.4 Å². The Bertz CT molecular complexity index is 990. The van der Waals surface area contributed by atoms with Crippen molar-refractivity contribution in [2.24, 2.45) is 0 Å². The van der Waals surface area contributed by atoms with Crippen molar-refractivity contribution in [2.45, 2.75) is 4.90 Å². The first-order valence-electron chi connectivity index (χ1n) is 6.70. The van der Waals surface area contributed by atoms with E-state index in [9.17, 15) is 18.3 Å². The van der Waals surface area contributed by atoms with Crippen molar-refractivity contribution in [1.82, 2.24) is 3.97 Å². The van der Waals surface area contributed by atoms with E-state index in [0.717, 1.165) is 3.97 Å². The molecule has 3 aromatic rings. The fourth-order valence-electron chi connectivity index (χ4n) is 2.44. The molecule has 1 heterocycles. The van der Waals surface area contributed by atoms with Gasteiger partial charge >= 0.3 is 5.97 Å². The molecule has 3 rings (SSSR count). The van der Waals surface area contributed by atoms with Gasteiger partial charge in [-0.2, -0.15) is 0 Å². The van der Waals surface area contributed by atoms with Crippen LogP contribution in [0.15, 0.2) is 59.5 Å². The Kier molecular flexibility index (Phi) is 3.57. The number of methoxy groups -OCH3 is 1. The highest BCUT2D eigenvalue weighted by molar-refractivity contribution is 7.90. The monoisotopic (exact) mass is 331 g/mol. The van der Waals surface area contributed by atoms with E-state index in [0.29, 0.717) is 5.39 Å². The molecule has 0 radical (unpaired) electrons. The van der Waals surface area contributed by atoms with Crippen LogP contribution in [0, 0.1) is 0 Å². The minimum absolute atomic E-state index is 0.00692. The number of carbonyl (C=O) groups excluding carboxylic acids is 1. The van der Waals surface area contributed by atoms with E-state index in [-0.39, 0.29) is 16.0 Å². The summed E-state index contributed by atoms with van der Waals surface area (Å²) in [6.07, 6.45) is 0. The topological polar surface area (TPSA) is 85.6 Å². The number of hydrogen-bond acceptors (Lipinski definition) is 5. The Balaban J connectivity index is 2.40. The number of fused-ring (bicyclic) bond motifs is 1. The summed E-state index contributed by atoms with van der Waals surface area (Å²) < 4.78 is 31.1. The molecule has 6 nitrogen and oxygen atoms in total. The summed E-state index contributed by atoms with van der Waals surface area (Å²) in [5.74, 6) is -1.47. The lowest BCUT2D eigenvalue weighted by Crippen LogP contribution is -2.12. The lowest BCUT2D eigenvalue weighted by Gasteiger charge is -2.08. The van der Waals surface area contributed by atoms with Crippen LogP contribution >= 0.6 is 0 Å². The lowest BCUT2D eigenvalue weighted by molar-refractivity contribution is 0.0599. The van der Waals surface area contributed by atoms with Gasteiger partial charge in [-0.3, -0.25) is 0 Å². The van der Waals surface area contributed by atoms with Gasteiger partial charge in [-0.15, -0.1) is 0 Å². The Labute approximate surface area is 132 Å². The predicted molar refractivity (Wildman–Crippen MR) is 84.0 cm³/mol. The summed E-state index contributed by atoms with van der Waals surface area (Å²) in [6.45, 7) is 0. The second-order valence-corrected chi connectivity index (χ2v) is 6.58. The molecule has 23 heavy (non-hydrogen) atoms. The molecular formula is C16H13NO5S. The fraction of sp³-hybridized carbons (Fsp3) is 0.0625. The predicted octanol–water partition coefficient (Wildman–Crippen LogP) is 2.37. The molecule has 0 bridgehead atoms. The van der Waals surface area contributed by atoms with Gasteiger partial charge in [-0.1, -0.05) is 36.4 Å². The van der Waals surface area contributed by atoms with Gasteiger partial charge in [0.05, 0.1) is 17.5 Å². The van der Waals surface area contributed by atoms with Crippen LogP contribution in [0.1, 0.15) is 10.4 Å². The molecule has 0 atom stereocenters. The van der Waals surface area contributed by atoms with Crippen LogP contribution in [0.25, 0.3) is 10.9 Å². The van der Waals surface area contributed by atoms with Gasteiger partial charge in [-0.25, -0.2) is 17.2 Å². The summed E-state index contributed by atoms with van der Waals surface area (Å²) in [4.78, 5) is 11.9. The van der Waals surface area contributed by atoms with Crippen molar-refractivity contribution in [3.8, 4) is 5.88 Å². The van der Waals surface area contributed by atoms with Crippen LogP contribution in [-0.2, 0) is 14.8 Å². The van der Waals surface area contributed by atoms with Gasteiger partial charge in [0, 0.05) is 5.39 Å². The highest BCUT2D eigenvalue weighted by atomic mass is 32.2. The van der Waals surface area contributed by atoms with Crippen molar-refractivity contribution in [1.29, 1.82) is 0 Å². The molecule has 0 unspecified atom stereocenters. The van der Waals surface area contributed by atoms with Crippen LogP contribution in [-0.4, -0.2) is 30.6 Å². The number of para-hydroxylation sites is 1. The van der Waals surface area contributed by atoms with Crippen LogP contribution in [0.3, 0.4) is 0 Å². The molecule has 2 aromatic carbocycles. The molecule has 0 amide bonds. The third-order valence-electron chi connectivity index (χ3n) is 3.48. The van der Waals surface area contributed by atoms with E-state index in [2.05, 4.69) is 4.74 Å². The first-order chi connectivity index (χ1) is 11.0. The van der Waals surface area contributed by atoms with Gasteiger partial charge < -0.3 is 9.84 Å². The molecule has 0 saturated carbocycles. The zero-order valence-corrected chi connectivity index (χ0v) is 12.9. The number of nitrogens with zero attached hydrogens (tertiary/aromatic N) is 1. The second kappa shape index (κ2) is 5.44. The summed E-state index contributed by atoms with van der Waals surface area (Å²) in [5.41, 5.74) is 0.0249. The number of ether oxygens (including phenoxy) is 1. The van der Waals surface area contributed by atoms with Crippen LogP contribution < -0.4 is 0 Å². The average Bonchev–Trinajstić information content (AvgIpc) is 2.87.